The third-order valence-corrected chi connectivity index (χ3v) is 3.03. The zero-order valence-corrected chi connectivity index (χ0v) is 8.45. The number of rotatable bonds is 0. The van der Waals surface area contributed by atoms with Crippen LogP contribution in [0.4, 0.5) is 0 Å². The van der Waals surface area contributed by atoms with Gasteiger partial charge in [0.2, 0.25) is 0 Å². The standard InChI is InChI=1S/C8H12O3S/c1-7(2)5(9)11-6(10)8(3,4)12-7/h1-4H3. The lowest BCUT2D eigenvalue weighted by Gasteiger charge is -2.35. The Bertz CT molecular complexity index is 219. The molecule has 12 heavy (non-hydrogen) atoms. The van der Waals surface area contributed by atoms with E-state index in [0.29, 0.717) is 0 Å². The summed E-state index contributed by atoms with van der Waals surface area (Å²) in [4.78, 5) is 22.3. The highest BCUT2D eigenvalue weighted by Crippen LogP contribution is 2.41. The smallest absolute Gasteiger partial charge is 0.329 e. The predicted molar refractivity (Wildman–Crippen MR) is 46.8 cm³/mol. The molecule has 1 aliphatic heterocycles. The first kappa shape index (κ1) is 9.58. The summed E-state index contributed by atoms with van der Waals surface area (Å²) in [6.45, 7) is 7.03. The van der Waals surface area contributed by atoms with Crippen LogP contribution in [0.25, 0.3) is 0 Å². The van der Waals surface area contributed by atoms with Gasteiger partial charge in [0.15, 0.2) is 0 Å². The van der Waals surface area contributed by atoms with Crippen LogP contribution in [-0.2, 0) is 14.3 Å². The molecule has 3 nitrogen and oxygen atoms in total. The highest BCUT2D eigenvalue weighted by molar-refractivity contribution is 8.03. The summed E-state index contributed by atoms with van der Waals surface area (Å²) in [5.41, 5.74) is 0. The van der Waals surface area contributed by atoms with E-state index in [1.165, 1.54) is 11.8 Å². The second kappa shape index (κ2) is 2.49. The van der Waals surface area contributed by atoms with Gasteiger partial charge in [-0.1, -0.05) is 0 Å². The van der Waals surface area contributed by atoms with E-state index in [2.05, 4.69) is 4.74 Å². The third kappa shape index (κ3) is 1.48. The minimum Gasteiger partial charge on any atom is -0.391 e. The van der Waals surface area contributed by atoms with Crippen LogP contribution < -0.4 is 0 Å². The van der Waals surface area contributed by atoms with Crippen LogP contribution in [0.1, 0.15) is 27.7 Å². The summed E-state index contributed by atoms with van der Waals surface area (Å²) < 4.78 is 3.39. The van der Waals surface area contributed by atoms with Gasteiger partial charge in [0.1, 0.15) is 9.49 Å². The summed E-state index contributed by atoms with van der Waals surface area (Å²) >= 11 is 1.34. The Morgan fingerprint density at radius 3 is 1.58 bits per heavy atom. The monoisotopic (exact) mass is 188 g/mol. The van der Waals surface area contributed by atoms with E-state index in [1.54, 1.807) is 27.7 Å². The van der Waals surface area contributed by atoms with Crippen molar-refractivity contribution in [3.05, 3.63) is 0 Å². The van der Waals surface area contributed by atoms with E-state index in [-0.39, 0.29) is 0 Å². The van der Waals surface area contributed by atoms with Crippen molar-refractivity contribution in [3.8, 4) is 0 Å². The highest BCUT2D eigenvalue weighted by Gasteiger charge is 2.48. The number of ether oxygens (including phenoxy) is 1. The molecule has 1 fully saturated rings. The van der Waals surface area contributed by atoms with Crippen LogP contribution in [0.2, 0.25) is 0 Å². The zero-order chi connectivity index (χ0) is 9.57. The molecule has 1 saturated heterocycles. The molecule has 0 atom stereocenters. The van der Waals surface area contributed by atoms with Crippen LogP contribution in [0.15, 0.2) is 0 Å². The number of esters is 2. The number of hydrogen-bond acceptors (Lipinski definition) is 4. The van der Waals surface area contributed by atoms with E-state index in [9.17, 15) is 9.59 Å². The van der Waals surface area contributed by atoms with Crippen LogP contribution in [-0.4, -0.2) is 21.4 Å². The Balaban J connectivity index is 2.93. The number of hydrogen-bond donors (Lipinski definition) is 0. The molecule has 0 aromatic carbocycles. The van der Waals surface area contributed by atoms with Crippen molar-refractivity contribution >= 4 is 23.7 Å². The van der Waals surface area contributed by atoms with Crippen molar-refractivity contribution in [2.75, 3.05) is 0 Å². The van der Waals surface area contributed by atoms with Gasteiger partial charge in [-0.15, -0.1) is 11.8 Å². The highest BCUT2D eigenvalue weighted by atomic mass is 32.2. The quantitative estimate of drug-likeness (QED) is 0.425. The van der Waals surface area contributed by atoms with Crippen molar-refractivity contribution in [2.45, 2.75) is 37.2 Å². The molecule has 0 unspecified atom stereocenters. The van der Waals surface area contributed by atoms with Gasteiger partial charge in [-0.05, 0) is 27.7 Å². The minimum absolute atomic E-state index is 0.447. The molecule has 0 amide bonds. The van der Waals surface area contributed by atoms with E-state index >= 15 is 0 Å². The fourth-order valence-electron chi connectivity index (χ4n) is 1.05. The van der Waals surface area contributed by atoms with Crippen LogP contribution in [0.5, 0.6) is 0 Å². The molecule has 1 heterocycles. The van der Waals surface area contributed by atoms with Crippen molar-refractivity contribution in [3.63, 3.8) is 0 Å². The third-order valence-electron chi connectivity index (χ3n) is 1.68. The summed E-state index contributed by atoms with van der Waals surface area (Å²) in [5.74, 6) is -0.895. The summed E-state index contributed by atoms with van der Waals surface area (Å²) in [6.07, 6.45) is 0. The van der Waals surface area contributed by atoms with Crippen molar-refractivity contribution < 1.29 is 14.3 Å². The van der Waals surface area contributed by atoms with E-state index < -0.39 is 21.4 Å². The lowest BCUT2D eigenvalue weighted by Crippen LogP contribution is -2.47. The zero-order valence-electron chi connectivity index (χ0n) is 7.63. The first-order chi connectivity index (χ1) is 5.26. The number of carbonyl (C=O) groups excluding carboxylic acids is 2. The fraction of sp³-hybridized carbons (Fsp3) is 0.750. The Hall–Kier alpha value is -0.510. The summed E-state index contributed by atoms with van der Waals surface area (Å²) in [6, 6.07) is 0. The van der Waals surface area contributed by atoms with Crippen LogP contribution in [0.3, 0.4) is 0 Å². The maximum atomic E-state index is 11.2. The first-order valence-electron chi connectivity index (χ1n) is 3.72. The van der Waals surface area contributed by atoms with Crippen molar-refractivity contribution in [1.82, 2.24) is 0 Å². The second-order valence-electron chi connectivity index (χ2n) is 3.80. The largest absolute Gasteiger partial charge is 0.391 e. The Labute approximate surface area is 75.8 Å². The molecular formula is C8H12O3S. The lowest BCUT2D eigenvalue weighted by atomic mass is 10.2. The average Bonchev–Trinajstić information content (AvgIpc) is 1.82. The molecular weight excluding hydrogens is 176 g/mol. The average molecular weight is 188 g/mol. The molecule has 4 heteroatoms. The normalized spacial score (nSPS) is 26.7. The molecule has 0 saturated carbocycles. The molecule has 0 aromatic heterocycles. The molecule has 0 bridgehead atoms. The topological polar surface area (TPSA) is 43.4 Å². The molecule has 1 rings (SSSR count). The second-order valence-corrected chi connectivity index (χ2v) is 6.05. The predicted octanol–water partition coefficient (Wildman–Crippen LogP) is 1.36. The molecule has 68 valence electrons. The van der Waals surface area contributed by atoms with E-state index in [1.807, 2.05) is 0 Å². The maximum absolute atomic E-state index is 11.2. The van der Waals surface area contributed by atoms with Crippen molar-refractivity contribution in [1.29, 1.82) is 0 Å². The number of carbonyl (C=O) groups is 2. The lowest BCUT2D eigenvalue weighted by molar-refractivity contribution is -0.163. The Morgan fingerprint density at radius 1 is 1.00 bits per heavy atom. The van der Waals surface area contributed by atoms with Gasteiger partial charge < -0.3 is 4.74 Å². The van der Waals surface area contributed by atoms with Gasteiger partial charge in [-0.25, -0.2) is 0 Å². The molecule has 0 radical (unpaired) electrons. The Kier molecular flexibility index (Phi) is 1.98. The fourth-order valence-corrected chi connectivity index (χ4v) is 2.58. The maximum Gasteiger partial charge on any atom is 0.329 e. The van der Waals surface area contributed by atoms with Gasteiger partial charge in [0.25, 0.3) is 0 Å². The molecule has 0 aliphatic carbocycles. The molecule has 0 N–H and O–H groups in total. The molecule has 0 aromatic rings. The minimum atomic E-state index is -0.614. The number of thioether (sulfide) groups is 1. The SMILES string of the molecule is CC1(C)SC(C)(C)C(=O)OC1=O. The molecule has 1 aliphatic rings. The van der Waals surface area contributed by atoms with Gasteiger partial charge in [-0.2, -0.15) is 0 Å². The van der Waals surface area contributed by atoms with E-state index in [0.717, 1.165) is 0 Å². The summed E-state index contributed by atoms with van der Waals surface area (Å²) in [7, 11) is 0. The molecule has 0 spiro atoms. The Morgan fingerprint density at radius 2 is 1.33 bits per heavy atom. The van der Waals surface area contributed by atoms with Gasteiger partial charge >= 0.3 is 11.9 Å². The van der Waals surface area contributed by atoms with Gasteiger partial charge in [0, 0.05) is 0 Å². The van der Waals surface area contributed by atoms with Gasteiger partial charge in [-0.3, -0.25) is 9.59 Å². The summed E-state index contributed by atoms with van der Waals surface area (Å²) in [5, 5.41) is 0. The van der Waals surface area contributed by atoms with Crippen LogP contribution in [0, 0.1) is 0 Å². The van der Waals surface area contributed by atoms with E-state index in [4.69, 9.17) is 0 Å². The van der Waals surface area contributed by atoms with Gasteiger partial charge in [0.05, 0.1) is 0 Å². The first-order valence-corrected chi connectivity index (χ1v) is 4.54. The van der Waals surface area contributed by atoms with Crippen LogP contribution >= 0.6 is 11.8 Å². The van der Waals surface area contributed by atoms with Crippen molar-refractivity contribution in [2.24, 2.45) is 0 Å². The number of cyclic esters (lactones) is 2.